The highest BCUT2D eigenvalue weighted by Gasteiger charge is 2.09. The molecule has 2 N–H and O–H groups in total. The number of para-hydroxylation sites is 2. The molecule has 5 nitrogen and oxygen atoms in total. The molecule has 0 fully saturated rings. The Hall–Kier alpha value is -1.99. The number of aromatic nitrogens is 3. The van der Waals surface area contributed by atoms with Crippen LogP contribution >= 0.6 is 23.1 Å². The zero-order chi connectivity index (χ0) is 14.7. The van der Waals surface area contributed by atoms with E-state index in [1.54, 1.807) is 30.2 Å². The number of benzene rings is 1. The number of aromatic amines is 1. The second-order valence-electron chi connectivity index (χ2n) is 4.28. The third-order valence-electron chi connectivity index (χ3n) is 2.82. The van der Waals surface area contributed by atoms with E-state index in [-0.39, 0.29) is 0 Å². The van der Waals surface area contributed by atoms with Gasteiger partial charge in [-0.2, -0.15) is 4.98 Å². The summed E-state index contributed by atoms with van der Waals surface area (Å²) in [6.07, 6.45) is 0. The van der Waals surface area contributed by atoms with Crippen LogP contribution in [0.2, 0.25) is 0 Å². The van der Waals surface area contributed by atoms with Crippen LogP contribution in [0.25, 0.3) is 0 Å². The SMILES string of the molecule is COc1ccccc1Nc1n[nH]c(Sc2sccc2C)n1. The standard InChI is InChI=1S/C14H14N4OS2/c1-9-7-8-20-12(9)21-14-16-13(17-18-14)15-10-5-3-4-6-11(10)19-2/h3-8H,1-2H3,(H2,15,16,17,18). The van der Waals surface area contributed by atoms with Crippen molar-refractivity contribution in [2.75, 3.05) is 12.4 Å². The number of thiophene rings is 1. The minimum absolute atomic E-state index is 0.524. The quantitative estimate of drug-likeness (QED) is 0.742. The minimum atomic E-state index is 0.524. The normalized spacial score (nSPS) is 10.6. The second kappa shape index (κ2) is 6.19. The molecule has 21 heavy (non-hydrogen) atoms. The molecule has 0 saturated heterocycles. The van der Waals surface area contributed by atoms with E-state index in [0.29, 0.717) is 5.95 Å². The molecule has 2 heterocycles. The molecule has 3 aromatic rings. The Kier molecular flexibility index (Phi) is 4.12. The number of anilines is 2. The van der Waals surface area contributed by atoms with Crippen LogP contribution in [0.5, 0.6) is 5.75 Å². The molecular weight excluding hydrogens is 304 g/mol. The highest BCUT2D eigenvalue weighted by molar-refractivity contribution is 8.01. The van der Waals surface area contributed by atoms with Gasteiger partial charge in [0.25, 0.3) is 0 Å². The number of H-pyrrole nitrogens is 1. The summed E-state index contributed by atoms with van der Waals surface area (Å²) in [5.74, 6) is 1.28. The van der Waals surface area contributed by atoms with E-state index in [2.05, 4.69) is 38.9 Å². The van der Waals surface area contributed by atoms with Gasteiger partial charge >= 0.3 is 0 Å². The van der Waals surface area contributed by atoms with E-state index in [0.717, 1.165) is 16.6 Å². The van der Waals surface area contributed by atoms with Gasteiger partial charge in [0.15, 0.2) is 5.16 Å². The maximum absolute atomic E-state index is 5.29. The molecule has 0 aliphatic heterocycles. The summed E-state index contributed by atoms with van der Waals surface area (Å²) in [4.78, 5) is 4.43. The van der Waals surface area contributed by atoms with Crippen LogP contribution in [0.15, 0.2) is 45.1 Å². The Morgan fingerprint density at radius 3 is 2.90 bits per heavy atom. The van der Waals surface area contributed by atoms with Crippen molar-refractivity contribution < 1.29 is 4.74 Å². The lowest BCUT2D eigenvalue weighted by Crippen LogP contribution is -1.95. The predicted molar refractivity (Wildman–Crippen MR) is 85.8 cm³/mol. The van der Waals surface area contributed by atoms with Gasteiger partial charge in [0.05, 0.1) is 17.0 Å². The van der Waals surface area contributed by atoms with Crippen molar-refractivity contribution in [3.05, 3.63) is 41.3 Å². The van der Waals surface area contributed by atoms with Crippen molar-refractivity contribution in [3.63, 3.8) is 0 Å². The van der Waals surface area contributed by atoms with Crippen molar-refractivity contribution in [1.82, 2.24) is 15.2 Å². The number of nitrogens with one attached hydrogen (secondary N) is 2. The number of hydrogen-bond donors (Lipinski definition) is 2. The molecule has 2 aromatic heterocycles. The zero-order valence-corrected chi connectivity index (χ0v) is 13.2. The molecule has 3 rings (SSSR count). The first-order valence-corrected chi connectivity index (χ1v) is 8.00. The lowest BCUT2D eigenvalue weighted by atomic mass is 10.3. The molecule has 0 amide bonds. The lowest BCUT2D eigenvalue weighted by molar-refractivity contribution is 0.417. The Labute approximate surface area is 130 Å². The van der Waals surface area contributed by atoms with Crippen molar-refractivity contribution in [2.45, 2.75) is 16.3 Å². The third kappa shape index (κ3) is 3.20. The van der Waals surface area contributed by atoms with Crippen LogP contribution in [0, 0.1) is 6.92 Å². The van der Waals surface area contributed by atoms with Gasteiger partial charge in [-0.3, -0.25) is 5.10 Å². The largest absolute Gasteiger partial charge is 0.495 e. The first kappa shape index (κ1) is 14.0. The molecule has 1 aromatic carbocycles. The van der Waals surface area contributed by atoms with Crippen molar-refractivity contribution in [2.24, 2.45) is 0 Å². The second-order valence-corrected chi connectivity index (χ2v) is 6.46. The van der Waals surface area contributed by atoms with Gasteiger partial charge in [-0.1, -0.05) is 12.1 Å². The molecule has 0 bridgehead atoms. The molecule has 0 aliphatic carbocycles. The fraction of sp³-hybridized carbons (Fsp3) is 0.143. The molecule has 0 radical (unpaired) electrons. The van der Waals surface area contributed by atoms with Gasteiger partial charge in [-0.15, -0.1) is 16.4 Å². The average molecular weight is 318 g/mol. The summed E-state index contributed by atoms with van der Waals surface area (Å²) >= 11 is 3.28. The van der Waals surface area contributed by atoms with E-state index in [1.807, 2.05) is 24.3 Å². The van der Waals surface area contributed by atoms with Crippen LogP contribution in [0.3, 0.4) is 0 Å². The van der Waals surface area contributed by atoms with Gasteiger partial charge in [-0.25, -0.2) is 0 Å². The zero-order valence-electron chi connectivity index (χ0n) is 11.6. The Morgan fingerprint density at radius 1 is 1.29 bits per heavy atom. The highest BCUT2D eigenvalue weighted by Crippen LogP contribution is 2.33. The molecule has 0 spiro atoms. The molecule has 0 saturated carbocycles. The van der Waals surface area contributed by atoms with Gasteiger partial charge < -0.3 is 10.1 Å². The summed E-state index contributed by atoms with van der Waals surface area (Å²) in [5, 5.41) is 13.1. The van der Waals surface area contributed by atoms with Crippen molar-refractivity contribution >= 4 is 34.7 Å². The van der Waals surface area contributed by atoms with Crippen molar-refractivity contribution in [1.29, 1.82) is 0 Å². The average Bonchev–Trinajstić information content (AvgIpc) is 3.10. The van der Waals surface area contributed by atoms with Gasteiger partial charge in [0.2, 0.25) is 5.95 Å². The predicted octanol–water partition coefficient (Wildman–Crippen LogP) is 4.08. The lowest BCUT2D eigenvalue weighted by Gasteiger charge is -2.07. The maximum atomic E-state index is 5.29. The topological polar surface area (TPSA) is 62.8 Å². The monoisotopic (exact) mass is 318 g/mol. The minimum Gasteiger partial charge on any atom is -0.495 e. The smallest absolute Gasteiger partial charge is 0.247 e. The van der Waals surface area contributed by atoms with Crippen LogP contribution in [0.1, 0.15) is 5.56 Å². The molecule has 0 unspecified atom stereocenters. The molecule has 108 valence electrons. The summed E-state index contributed by atoms with van der Waals surface area (Å²) in [6.45, 7) is 2.09. The van der Waals surface area contributed by atoms with Gasteiger partial charge in [-0.05, 0) is 47.8 Å². The van der Waals surface area contributed by atoms with Gasteiger partial charge in [0, 0.05) is 0 Å². The van der Waals surface area contributed by atoms with Crippen LogP contribution in [-0.4, -0.2) is 22.3 Å². The third-order valence-corrected chi connectivity index (χ3v) is 5.05. The number of rotatable bonds is 5. The molecule has 0 atom stereocenters. The Bertz CT molecular complexity index is 738. The molecule has 7 heteroatoms. The van der Waals surface area contributed by atoms with Crippen LogP contribution in [-0.2, 0) is 0 Å². The first-order chi connectivity index (χ1) is 10.3. The summed E-state index contributed by atoms with van der Waals surface area (Å²) in [7, 11) is 1.64. The van der Waals surface area contributed by atoms with Crippen molar-refractivity contribution in [3.8, 4) is 5.75 Å². The van der Waals surface area contributed by atoms with E-state index in [9.17, 15) is 0 Å². The Morgan fingerprint density at radius 2 is 2.14 bits per heavy atom. The maximum Gasteiger partial charge on any atom is 0.247 e. The number of hydrogen-bond acceptors (Lipinski definition) is 6. The fourth-order valence-corrected chi connectivity index (χ4v) is 3.64. The summed E-state index contributed by atoms with van der Waals surface area (Å²) in [6, 6.07) is 9.76. The summed E-state index contributed by atoms with van der Waals surface area (Å²) in [5.41, 5.74) is 2.09. The summed E-state index contributed by atoms with van der Waals surface area (Å²) < 4.78 is 6.51. The molecular formula is C14H14N4OS2. The van der Waals surface area contributed by atoms with E-state index in [1.165, 1.54) is 9.77 Å². The molecule has 0 aliphatic rings. The van der Waals surface area contributed by atoms with Crippen LogP contribution in [0.4, 0.5) is 11.6 Å². The highest BCUT2D eigenvalue weighted by atomic mass is 32.2. The van der Waals surface area contributed by atoms with Crippen LogP contribution < -0.4 is 10.1 Å². The number of methoxy groups -OCH3 is 1. The number of aryl methyl sites for hydroxylation is 1. The number of nitrogens with zero attached hydrogens (tertiary/aromatic N) is 2. The first-order valence-electron chi connectivity index (χ1n) is 6.30. The van der Waals surface area contributed by atoms with E-state index < -0.39 is 0 Å². The fourth-order valence-electron chi connectivity index (χ4n) is 1.77. The number of ether oxygens (including phenoxy) is 1. The van der Waals surface area contributed by atoms with Gasteiger partial charge in [0.1, 0.15) is 5.75 Å². The Balaban J connectivity index is 1.75. The van der Waals surface area contributed by atoms with E-state index in [4.69, 9.17) is 4.74 Å². The van der Waals surface area contributed by atoms with E-state index >= 15 is 0 Å².